The van der Waals surface area contributed by atoms with Gasteiger partial charge in [0.1, 0.15) is 0 Å². The van der Waals surface area contributed by atoms with Crippen molar-refractivity contribution in [2.24, 2.45) is 11.3 Å². The van der Waals surface area contributed by atoms with Gasteiger partial charge in [-0.3, -0.25) is 0 Å². The summed E-state index contributed by atoms with van der Waals surface area (Å²) in [5.74, 6) is 0.806. The Morgan fingerprint density at radius 3 is 2.12 bits per heavy atom. The summed E-state index contributed by atoms with van der Waals surface area (Å²) in [6.07, 6.45) is 2.54. The minimum Gasteiger partial charge on any atom is -0.0617 e. The molecule has 0 spiro atoms. The van der Waals surface area contributed by atoms with Gasteiger partial charge in [0.05, 0.1) is 0 Å². The van der Waals surface area contributed by atoms with Gasteiger partial charge >= 0.3 is 0 Å². The molecule has 17 heavy (non-hydrogen) atoms. The molecular weight excluding hydrogens is 204 g/mol. The largest absolute Gasteiger partial charge is 0.0617 e. The van der Waals surface area contributed by atoms with Crippen LogP contribution in [0.15, 0.2) is 18.2 Å². The average molecular weight is 230 g/mol. The first kappa shape index (κ1) is 12.7. The van der Waals surface area contributed by atoms with E-state index >= 15 is 0 Å². The van der Waals surface area contributed by atoms with Crippen molar-refractivity contribution < 1.29 is 0 Å². The number of rotatable bonds is 0. The highest BCUT2D eigenvalue weighted by molar-refractivity contribution is 5.43. The maximum atomic E-state index is 2.38. The standard InChI is InChI=1S/C17H26/c1-16(2,3)13-10-12-8-7-9-15(14(12)11-13)17(4,5)6/h7-9,13H,10-11H2,1-6H3. The molecule has 0 amide bonds. The fourth-order valence-electron chi connectivity index (χ4n) is 2.97. The van der Waals surface area contributed by atoms with E-state index in [1.54, 1.807) is 16.7 Å². The Morgan fingerprint density at radius 2 is 1.59 bits per heavy atom. The van der Waals surface area contributed by atoms with Crippen LogP contribution >= 0.6 is 0 Å². The Labute approximate surface area is 106 Å². The molecule has 1 atom stereocenters. The SMILES string of the molecule is CC(C)(C)c1cccc2c1CC(C(C)(C)C)C2. The van der Waals surface area contributed by atoms with Gasteiger partial charge in [-0.2, -0.15) is 0 Å². The maximum absolute atomic E-state index is 2.38. The van der Waals surface area contributed by atoms with Crippen LogP contribution in [0, 0.1) is 11.3 Å². The van der Waals surface area contributed by atoms with Gasteiger partial charge in [0.25, 0.3) is 0 Å². The predicted molar refractivity (Wildman–Crippen MR) is 75.5 cm³/mol. The van der Waals surface area contributed by atoms with Gasteiger partial charge < -0.3 is 0 Å². The van der Waals surface area contributed by atoms with Crippen molar-refractivity contribution in [1.82, 2.24) is 0 Å². The van der Waals surface area contributed by atoms with Crippen LogP contribution in [0.3, 0.4) is 0 Å². The summed E-state index contributed by atoms with van der Waals surface area (Å²) >= 11 is 0. The van der Waals surface area contributed by atoms with E-state index in [4.69, 9.17) is 0 Å². The minimum absolute atomic E-state index is 0.276. The summed E-state index contributed by atoms with van der Waals surface area (Å²) in [4.78, 5) is 0. The number of fused-ring (bicyclic) bond motifs is 1. The number of hydrogen-bond donors (Lipinski definition) is 0. The molecule has 0 nitrogen and oxygen atoms in total. The van der Waals surface area contributed by atoms with Gasteiger partial charge in [0.2, 0.25) is 0 Å². The molecule has 0 saturated heterocycles. The van der Waals surface area contributed by atoms with Crippen LogP contribution in [0.25, 0.3) is 0 Å². The lowest BCUT2D eigenvalue weighted by atomic mass is 9.78. The Hall–Kier alpha value is -0.780. The molecule has 1 aromatic carbocycles. The monoisotopic (exact) mass is 230 g/mol. The van der Waals surface area contributed by atoms with Gasteiger partial charge in [-0.1, -0.05) is 59.7 Å². The third-order valence-electron chi connectivity index (χ3n) is 4.22. The van der Waals surface area contributed by atoms with E-state index in [-0.39, 0.29) is 5.41 Å². The van der Waals surface area contributed by atoms with E-state index in [0.29, 0.717) is 5.41 Å². The van der Waals surface area contributed by atoms with Crippen molar-refractivity contribution in [1.29, 1.82) is 0 Å². The highest BCUT2D eigenvalue weighted by Gasteiger charge is 2.33. The Kier molecular flexibility index (Phi) is 2.88. The normalized spacial score (nSPS) is 20.5. The lowest BCUT2D eigenvalue weighted by Crippen LogP contribution is -2.21. The summed E-state index contributed by atoms with van der Waals surface area (Å²) in [7, 11) is 0. The first-order chi connectivity index (χ1) is 7.69. The molecule has 0 bridgehead atoms. The van der Waals surface area contributed by atoms with E-state index in [0.717, 1.165) is 5.92 Å². The van der Waals surface area contributed by atoms with E-state index in [2.05, 4.69) is 59.7 Å². The third kappa shape index (κ3) is 2.41. The second kappa shape index (κ2) is 3.86. The molecule has 0 saturated carbocycles. The second-order valence-corrected chi connectivity index (χ2v) is 7.66. The number of hydrogen-bond acceptors (Lipinski definition) is 0. The molecule has 94 valence electrons. The molecule has 1 aromatic rings. The Bertz CT molecular complexity index is 413. The molecule has 0 radical (unpaired) electrons. The van der Waals surface area contributed by atoms with Gasteiger partial charge in [-0.15, -0.1) is 0 Å². The molecule has 0 fully saturated rings. The van der Waals surface area contributed by atoms with Crippen molar-refractivity contribution >= 4 is 0 Å². The zero-order valence-corrected chi connectivity index (χ0v) is 12.2. The highest BCUT2D eigenvalue weighted by Crippen LogP contribution is 2.41. The summed E-state index contributed by atoms with van der Waals surface area (Å²) in [5, 5.41) is 0. The zero-order chi connectivity index (χ0) is 12.8. The minimum atomic E-state index is 0.276. The molecule has 2 rings (SSSR count). The molecule has 0 N–H and O–H groups in total. The van der Waals surface area contributed by atoms with Crippen LogP contribution in [0.5, 0.6) is 0 Å². The third-order valence-corrected chi connectivity index (χ3v) is 4.22. The van der Waals surface area contributed by atoms with E-state index in [1.165, 1.54) is 12.8 Å². The first-order valence-corrected chi connectivity index (χ1v) is 6.81. The molecule has 0 heteroatoms. The van der Waals surface area contributed by atoms with Gasteiger partial charge in [-0.25, -0.2) is 0 Å². The van der Waals surface area contributed by atoms with Crippen LogP contribution in [0.2, 0.25) is 0 Å². The predicted octanol–water partition coefficient (Wildman–Crippen LogP) is 4.75. The number of benzene rings is 1. The fourth-order valence-corrected chi connectivity index (χ4v) is 2.97. The summed E-state index contributed by atoms with van der Waals surface area (Å²) in [5.41, 5.74) is 5.49. The lowest BCUT2D eigenvalue weighted by Gasteiger charge is -2.27. The summed E-state index contributed by atoms with van der Waals surface area (Å²) in [6.45, 7) is 14.1. The first-order valence-electron chi connectivity index (χ1n) is 6.81. The Morgan fingerprint density at radius 1 is 0.941 bits per heavy atom. The van der Waals surface area contributed by atoms with Gasteiger partial charge in [0.15, 0.2) is 0 Å². The Balaban J connectivity index is 2.39. The summed E-state index contributed by atoms with van der Waals surface area (Å²) < 4.78 is 0. The van der Waals surface area contributed by atoms with Crippen LogP contribution < -0.4 is 0 Å². The highest BCUT2D eigenvalue weighted by atomic mass is 14.4. The van der Waals surface area contributed by atoms with E-state index in [1.807, 2.05) is 0 Å². The van der Waals surface area contributed by atoms with E-state index < -0.39 is 0 Å². The van der Waals surface area contributed by atoms with Crippen LogP contribution in [0.4, 0.5) is 0 Å². The molecule has 1 aliphatic rings. The molecule has 0 aromatic heterocycles. The van der Waals surface area contributed by atoms with Crippen molar-refractivity contribution in [2.45, 2.75) is 59.8 Å². The fraction of sp³-hybridized carbons (Fsp3) is 0.647. The van der Waals surface area contributed by atoms with Crippen molar-refractivity contribution in [3.05, 3.63) is 34.9 Å². The molecule has 1 aliphatic carbocycles. The van der Waals surface area contributed by atoms with Crippen LogP contribution in [-0.4, -0.2) is 0 Å². The molecule has 0 heterocycles. The summed E-state index contributed by atoms with van der Waals surface area (Å²) in [6, 6.07) is 6.89. The van der Waals surface area contributed by atoms with Gasteiger partial charge in [0, 0.05) is 0 Å². The van der Waals surface area contributed by atoms with Gasteiger partial charge in [-0.05, 0) is 46.3 Å². The second-order valence-electron chi connectivity index (χ2n) is 7.66. The molecule has 1 unspecified atom stereocenters. The zero-order valence-electron chi connectivity index (χ0n) is 12.2. The average Bonchev–Trinajstić information content (AvgIpc) is 2.57. The topological polar surface area (TPSA) is 0 Å². The van der Waals surface area contributed by atoms with Crippen molar-refractivity contribution in [3.8, 4) is 0 Å². The molecular formula is C17H26. The van der Waals surface area contributed by atoms with Crippen molar-refractivity contribution in [2.75, 3.05) is 0 Å². The van der Waals surface area contributed by atoms with Crippen LogP contribution in [-0.2, 0) is 18.3 Å². The van der Waals surface area contributed by atoms with Crippen LogP contribution in [0.1, 0.15) is 58.2 Å². The smallest absolute Gasteiger partial charge is 0.0129 e. The molecule has 0 aliphatic heterocycles. The van der Waals surface area contributed by atoms with E-state index in [9.17, 15) is 0 Å². The van der Waals surface area contributed by atoms with Crippen molar-refractivity contribution in [3.63, 3.8) is 0 Å². The quantitative estimate of drug-likeness (QED) is 0.603. The lowest BCUT2D eigenvalue weighted by molar-refractivity contribution is 0.250. The maximum Gasteiger partial charge on any atom is -0.0129 e.